The van der Waals surface area contributed by atoms with Crippen LogP contribution in [0, 0.1) is 0 Å². The lowest BCUT2D eigenvalue weighted by Gasteiger charge is -2.18. The molecule has 1 saturated heterocycles. The smallest absolute Gasteiger partial charge is 0.0767 e. The summed E-state index contributed by atoms with van der Waals surface area (Å²) in [5.74, 6) is 0. The van der Waals surface area contributed by atoms with Crippen molar-refractivity contribution in [3.8, 4) is 0 Å². The molecule has 0 amide bonds. The maximum absolute atomic E-state index is 9.28. The summed E-state index contributed by atoms with van der Waals surface area (Å²) in [4.78, 5) is 0. The minimum Gasteiger partial charge on any atom is -0.395 e. The van der Waals surface area contributed by atoms with Gasteiger partial charge in [-0.25, -0.2) is 0 Å². The third-order valence-corrected chi connectivity index (χ3v) is 4.79. The maximum atomic E-state index is 9.28. The van der Waals surface area contributed by atoms with E-state index in [1.54, 1.807) is 0 Å². The van der Waals surface area contributed by atoms with E-state index in [1.165, 1.54) is 56.1 Å². The molecular formula is C20H34ClNO2. The van der Waals surface area contributed by atoms with E-state index in [-0.39, 0.29) is 31.2 Å². The first-order valence-electron chi connectivity index (χ1n) is 9.37. The minimum atomic E-state index is 0. The van der Waals surface area contributed by atoms with E-state index in [0.29, 0.717) is 6.61 Å². The molecule has 138 valence electrons. The summed E-state index contributed by atoms with van der Waals surface area (Å²) in [6, 6.07) is 8.94. The van der Waals surface area contributed by atoms with Crippen molar-refractivity contribution in [3.05, 3.63) is 35.4 Å². The molecule has 0 saturated carbocycles. The third-order valence-electron chi connectivity index (χ3n) is 4.79. The average molecular weight is 356 g/mol. The Morgan fingerprint density at radius 2 is 1.71 bits per heavy atom. The highest BCUT2D eigenvalue weighted by Crippen LogP contribution is 2.15. The molecule has 2 rings (SSSR count). The number of ether oxygens (including phenoxy) is 1. The van der Waals surface area contributed by atoms with E-state index in [2.05, 4.69) is 36.5 Å². The molecule has 3 nitrogen and oxygen atoms in total. The number of aliphatic hydroxyl groups excluding tert-OH is 1. The van der Waals surface area contributed by atoms with E-state index >= 15 is 0 Å². The molecule has 0 aromatic heterocycles. The van der Waals surface area contributed by atoms with Crippen molar-refractivity contribution < 1.29 is 9.84 Å². The Kier molecular flexibility index (Phi) is 11.4. The van der Waals surface area contributed by atoms with Gasteiger partial charge in [-0.1, -0.05) is 63.3 Å². The van der Waals surface area contributed by atoms with Gasteiger partial charge in [0.25, 0.3) is 0 Å². The van der Waals surface area contributed by atoms with Crippen LogP contribution in [0.5, 0.6) is 0 Å². The summed E-state index contributed by atoms with van der Waals surface area (Å²) < 4.78 is 5.95. The fourth-order valence-corrected chi connectivity index (χ4v) is 3.24. The van der Waals surface area contributed by atoms with Crippen molar-refractivity contribution in [2.24, 2.45) is 0 Å². The van der Waals surface area contributed by atoms with E-state index in [4.69, 9.17) is 4.74 Å². The fraction of sp³-hybridized carbons (Fsp3) is 0.700. The number of benzene rings is 1. The summed E-state index contributed by atoms with van der Waals surface area (Å²) in [6.45, 7) is 3.99. The molecule has 2 N–H and O–H groups in total. The van der Waals surface area contributed by atoms with Crippen LogP contribution in [0.3, 0.4) is 0 Å². The quantitative estimate of drug-likeness (QED) is 0.583. The highest BCUT2D eigenvalue weighted by molar-refractivity contribution is 5.85. The summed E-state index contributed by atoms with van der Waals surface area (Å²) in [5.41, 5.74) is 2.65. The number of halogens is 1. The summed E-state index contributed by atoms with van der Waals surface area (Å²) in [5, 5.41) is 12.5. The van der Waals surface area contributed by atoms with Gasteiger partial charge in [0.05, 0.1) is 25.4 Å². The summed E-state index contributed by atoms with van der Waals surface area (Å²) >= 11 is 0. The van der Waals surface area contributed by atoms with Crippen LogP contribution in [0.4, 0.5) is 0 Å². The van der Waals surface area contributed by atoms with Crippen LogP contribution < -0.4 is 5.32 Å². The highest BCUT2D eigenvalue weighted by Gasteiger charge is 2.26. The van der Waals surface area contributed by atoms with Gasteiger partial charge in [-0.05, 0) is 36.9 Å². The maximum Gasteiger partial charge on any atom is 0.0767 e. The van der Waals surface area contributed by atoms with E-state index in [1.807, 2.05) is 0 Å². The van der Waals surface area contributed by atoms with Crippen LogP contribution in [0.1, 0.15) is 63.0 Å². The van der Waals surface area contributed by atoms with Gasteiger partial charge in [-0.3, -0.25) is 0 Å². The zero-order valence-corrected chi connectivity index (χ0v) is 15.8. The predicted molar refractivity (Wildman–Crippen MR) is 103 cm³/mol. The van der Waals surface area contributed by atoms with Gasteiger partial charge >= 0.3 is 0 Å². The first-order chi connectivity index (χ1) is 11.3. The third kappa shape index (κ3) is 7.52. The van der Waals surface area contributed by atoms with Gasteiger partial charge in [0.2, 0.25) is 0 Å². The second-order valence-corrected chi connectivity index (χ2v) is 6.72. The lowest BCUT2D eigenvalue weighted by atomic mass is 10.0. The molecule has 0 spiro atoms. The van der Waals surface area contributed by atoms with Crippen LogP contribution >= 0.6 is 12.4 Å². The van der Waals surface area contributed by atoms with E-state index in [9.17, 15) is 5.11 Å². The second-order valence-electron chi connectivity index (χ2n) is 6.72. The van der Waals surface area contributed by atoms with Gasteiger partial charge in [-0.2, -0.15) is 0 Å². The first kappa shape index (κ1) is 21.4. The molecule has 24 heavy (non-hydrogen) atoms. The molecule has 0 aliphatic carbocycles. The molecule has 0 bridgehead atoms. The normalized spacial score (nSPS) is 20.1. The van der Waals surface area contributed by atoms with Crippen molar-refractivity contribution in [1.82, 2.24) is 5.32 Å². The molecule has 4 heteroatoms. The Balaban J connectivity index is 0.00000288. The van der Waals surface area contributed by atoms with Crippen molar-refractivity contribution in [2.75, 3.05) is 13.2 Å². The van der Waals surface area contributed by atoms with Crippen molar-refractivity contribution in [3.63, 3.8) is 0 Å². The molecule has 0 unspecified atom stereocenters. The summed E-state index contributed by atoms with van der Waals surface area (Å²) in [7, 11) is 0. The van der Waals surface area contributed by atoms with Crippen molar-refractivity contribution in [2.45, 2.75) is 77.0 Å². The van der Waals surface area contributed by atoms with Gasteiger partial charge in [0.1, 0.15) is 0 Å². The van der Waals surface area contributed by atoms with Crippen LogP contribution in [-0.2, 0) is 17.8 Å². The van der Waals surface area contributed by atoms with Crippen molar-refractivity contribution in [1.29, 1.82) is 0 Å². The first-order valence-corrected chi connectivity index (χ1v) is 9.37. The van der Waals surface area contributed by atoms with Gasteiger partial charge in [0, 0.05) is 0 Å². The number of rotatable bonds is 11. The Labute approximate surface area is 153 Å². The Morgan fingerprint density at radius 3 is 2.42 bits per heavy atom. The topological polar surface area (TPSA) is 41.5 Å². The van der Waals surface area contributed by atoms with Crippen LogP contribution in [0.15, 0.2) is 24.3 Å². The van der Waals surface area contributed by atoms with Crippen molar-refractivity contribution >= 4 is 12.4 Å². The van der Waals surface area contributed by atoms with Gasteiger partial charge in [-0.15, -0.1) is 12.4 Å². The zero-order valence-electron chi connectivity index (χ0n) is 15.0. The average Bonchev–Trinajstić information content (AvgIpc) is 3.05. The Morgan fingerprint density at radius 1 is 1.04 bits per heavy atom. The van der Waals surface area contributed by atoms with Gasteiger partial charge in [0.15, 0.2) is 0 Å². The number of hydrogen-bond acceptors (Lipinski definition) is 3. The van der Waals surface area contributed by atoms with Gasteiger partial charge < -0.3 is 15.2 Å². The molecule has 1 aromatic rings. The minimum absolute atomic E-state index is 0. The predicted octanol–water partition coefficient (Wildman–Crippen LogP) is 4.25. The highest BCUT2D eigenvalue weighted by atomic mass is 35.5. The largest absolute Gasteiger partial charge is 0.395 e. The number of unbranched alkanes of at least 4 members (excludes halogenated alkanes) is 5. The molecule has 1 aliphatic heterocycles. The number of hydrogen-bond donors (Lipinski definition) is 2. The molecule has 1 fully saturated rings. The monoisotopic (exact) mass is 355 g/mol. The Bertz CT molecular complexity index is 424. The molecular weight excluding hydrogens is 322 g/mol. The molecule has 1 aromatic carbocycles. The lowest BCUT2D eigenvalue weighted by molar-refractivity contribution is 0.0198. The lowest BCUT2D eigenvalue weighted by Crippen LogP contribution is -2.35. The molecule has 1 aliphatic rings. The number of aryl methyl sites for hydroxylation is 1. The van der Waals surface area contributed by atoms with Crippen LogP contribution in [0.2, 0.25) is 0 Å². The summed E-state index contributed by atoms with van der Waals surface area (Å²) in [6.07, 6.45) is 10.4. The molecule has 0 radical (unpaired) electrons. The van der Waals surface area contributed by atoms with E-state index < -0.39 is 0 Å². The standard InChI is InChI=1S/C20H33NO2.ClH/c1-2-3-4-5-6-7-8-17-9-11-18(12-10-17)16-23-20-13-14-21-19(20)15-22;/h9-12,19-22H,2-8,13-16H2,1H3;1H/t19-,20+;/m1./s1. The second kappa shape index (κ2) is 12.7. The number of aliphatic hydroxyl groups is 1. The molecule has 2 atom stereocenters. The number of nitrogens with one attached hydrogen (secondary N) is 1. The Hall–Kier alpha value is -0.610. The van der Waals surface area contributed by atoms with Crippen LogP contribution in [-0.4, -0.2) is 30.4 Å². The zero-order chi connectivity index (χ0) is 16.3. The van der Waals surface area contributed by atoms with E-state index in [0.717, 1.165) is 13.0 Å². The van der Waals surface area contributed by atoms with Crippen LogP contribution in [0.25, 0.3) is 0 Å². The molecule has 1 heterocycles. The SMILES string of the molecule is CCCCCCCCc1ccc(CO[C@H]2CCN[C@@H]2CO)cc1.Cl. The fourth-order valence-electron chi connectivity index (χ4n) is 3.24.